The smallest absolute Gasteiger partial charge is 0.223 e. The number of rotatable bonds is 5. The molecule has 0 spiro atoms. The van der Waals surface area contributed by atoms with Crippen LogP contribution in [0.4, 0.5) is 0 Å². The topological polar surface area (TPSA) is 49.3 Å². The van der Waals surface area contributed by atoms with E-state index in [1.165, 1.54) is 0 Å². The first-order valence-electron chi connectivity index (χ1n) is 6.46. The highest BCUT2D eigenvalue weighted by molar-refractivity contribution is 5.79. The highest BCUT2D eigenvalue weighted by atomic mass is 16.3. The quantitative estimate of drug-likeness (QED) is 0.754. The van der Waals surface area contributed by atoms with E-state index in [2.05, 4.69) is 26.1 Å². The Labute approximate surface area is 98.6 Å². The van der Waals surface area contributed by atoms with Gasteiger partial charge in [0.1, 0.15) is 0 Å². The van der Waals surface area contributed by atoms with Gasteiger partial charge in [0.2, 0.25) is 5.91 Å². The molecule has 1 rings (SSSR count). The molecular weight excluding hydrogens is 202 g/mol. The fourth-order valence-corrected chi connectivity index (χ4v) is 2.51. The molecule has 0 radical (unpaired) electrons. The lowest BCUT2D eigenvalue weighted by Gasteiger charge is -2.18. The molecule has 2 N–H and O–H groups in total. The van der Waals surface area contributed by atoms with Crippen molar-refractivity contribution in [1.82, 2.24) is 5.32 Å². The van der Waals surface area contributed by atoms with Gasteiger partial charge in [0, 0.05) is 12.5 Å². The van der Waals surface area contributed by atoms with Crippen molar-refractivity contribution in [2.45, 2.75) is 52.6 Å². The van der Waals surface area contributed by atoms with Crippen LogP contribution >= 0.6 is 0 Å². The molecule has 94 valence electrons. The van der Waals surface area contributed by atoms with Gasteiger partial charge in [-0.2, -0.15) is 0 Å². The van der Waals surface area contributed by atoms with Crippen LogP contribution < -0.4 is 5.32 Å². The fourth-order valence-electron chi connectivity index (χ4n) is 2.51. The largest absolute Gasteiger partial charge is 0.391 e. The van der Waals surface area contributed by atoms with E-state index in [1.807, 2.05) is 0 Å². The lowest BCUT2D eigenvalue weighted by Crippen LogP contribution is -2.37. The van der Waals surface area contributed by atoms with Gasteiger partial charge in [-0.3, -0.25) is 4.79 Å². The minimum absolute atomic E-state index is 0.132. The van der Waals surface area contributed by atoms with Crippen molar-refractivity contribution in [2.24, 2.45) is 17.8 Å². The van der Waals surface area contributed by atoms with Gasteiger partial charge in [0.25, 0.3) is 0 Å². The van der Waals surface area contributed by atoms with E-state index in [0.717, 1.165) is 25.7 Å². The predicted molar refractivity (Wildman–Crippen MR) is 65.0 cm³/mol. The van der Waals surface area contributed by atoms with Crippen molar-refractivity contribution in [3.05, 3.63) is 0 Å². The summed E-state index contributed by atoms with van der Waals surface area (Å²) in [7, 11) is 0. The maximum Gasteiger partial charge on any atom is 0.223 e. The normalized spacial score (nSPS) is 27.1. The van der Waals surface area contributed by atoms with E-state index in [4.69, 9.17) is 0 Å². The Bertz CT molecular complexity index is 228. The van der Waals surface area contributed by atoms with Crippen LogP contribution in [0.15, 0.2) is 0 Å². The molecule has 1 amide bonds. The number of aliphatic hydroxyl groups is 1. The standard InChI is InChI=1S/C13H25NO2/c1-9(2)7-11(15)8-14-13(16)12-6-4-5-10(12)3/h9-12,15H,4-8H2,1-3H3,(H,14,16). The van der Waals surface area contributed by atoms with Crippen molar-refractivity contribution in [1.29, 1.82) is 0 Å². The number of hydrogen-bond donors (Lipinski definition) is 2. The summed E-state index contributed by atoms with van der Waals surface area (Å²) in [6.45, 7) is 6.69. The first-order valence-corrected chi connectivity index (χ1v) is 6.46. The van der Waals surface area contributed by atoms with Crippen LogP contribution in [0, 0.1) is 17.8 Å². The third-order valence-electron chi connectivity index (χ3n) is 3.45. The summed E-state index contributed by atoms with van der Waals surface area (Å²) in [5.41, 5.74) is 0. The predicted octanol–water partition coefficient (Wildman–Crippen LogP) is 1.95. The van der Waals surface area contributed by atoms with Crippen LogP contribution in [0.25, 0.3) is 0 Å². The molecule has 0 bridgehead atoms. The number of amides is 1. The van der Waals surface area contributed by atoms with Gasteiger partial charge in [-0.1, -0.05) is 27.2 Å². The molecule has 0 aromatic heterocycles. The van der Waals surface area contributed by atoms with Crippen LogP contribution in [0.1, 0.15) is 46.5 Å². The van der Waals surface area contributed by atoms with Crippen LogP contribution in [0.5, 0.6) is 0 Å². The summed E-state index contributed by atoms with van der Waals surface area (Å²) in [6, 6.07) is 0. The van der Waals surface area contributed by atoms with Crippen molar-refractivity contribution in [2.75, 3.05) is 6.54 Å². The molecule has 0 aromatic carbocycles. The van der Waals surface area contributed by atoms with E-state index < -0.39 is 6.10 Å². The molecular formula is C13H25NO2. The Kier molecular flexibility index (Phi) is 5.26. The van der Waals surface area contributed by atoms with Crippen LogP contribution in [-0.4, -0.2) is 23.7 Å². The minimum atomic E-state index is -0.402. The maximum atomic E-state index is 11.8. The Morgan fingerprint density at radius 2 is 2.12 bits per heavy atom. The summed E-state index contributed by atoms with van der Waals surface area (Å²) in [5, 5.41) is 12.5. The molecule has 0 aromatic rings. The van der Waals surface area contributed by atoms with Gasteiger partial charge < -0.3 is 10.4 Å². The molecule has 1 saturated carbocycles. The monoisotopic (exact) mass is 227 g/mol. The molecule has 3 atom stereocenters. The number of hydrogen-bond acceptors (Lipinski definition) is 2. The van der Waals surface area contributed by atoms with E-state index in [1.54, 1.807) is 0 Å². The molecule has 3 nitrogen and oxygen atoms in total. The summed E-state index contributed by atoms with van der Waals surface area (Å²) in [6.07, 6.45) is 3.68. The highest BCUT2D eigenvalue weighted by Gasteiger charge is 2.29. The second kappa shape index (κ2) is 6.24. The lowest BCUT2D eigenvalue weighted by atomic mass is 9.97. The Morgan fingerprint density at radius 1 is 1.44 bits per heavy atom. The average Bonchev–Trinajstić information content (AvgIpc) is 2.60. The van der Waals surface area contributed by atoms with Gasteiger partial charge in [0.05, 0.1) is 6.10 Å². The van der Waals surface area contributed by atoms with E-state index in [9.17, 15) is 9.90 Å². The van der Waals surface area contributed by atoms with Crippen molar-refractivity contribution in [3.63, 3.8) is 0 Å². The molecule has 0 saturated heterocycles. The zero-order chi connectivity index (χ0) is 12.1. The minimum Gasteiger partial charge on any atom is -0.391 e. The highest BCUT2D eigenvalue weighted by Crippen LogP contribution is 2.31. The van der Waals surface area contributed by atoms with Gasteiger partial charge in [0.15, 0.2) is 0 Å². The fraction of sp³-hybridized carbons (Fsp3) is 0.923. The second-order valence-electron chi connectivity index (χ2n) is 5.54. The van der Waals surface area contributed by atoms with Crippen LogP contribution in [-0.2, 0) is 4.79 Å². The zero-order valence-electron chi connectivity index (χ0n) is 10.7. The summed E-state index contributed by atoms with van der Waals surface area (Å²) in [5.74, 6) is 1.28. The van der Waals surface area contributed by atoms with Crippen molar-refractivity contribution in [3.8, 4) is 0 Å². The third kappa shape index (κ3) is 4.12. The average molecular weight is 227 g/mol. The molecule has 1 fully saturated rings. The molecule has 0 heterocycles. The van der Waals surface area contributed by atoms with E-state index >= 15 is 0 Å². The number of carbonyl (C=O) groups excluding carboxylic acids is 1. The van der Waals surface area contributed by atoms with Crippen LogP contribution in [0.2, 0.25) is 0 Å². The first kappa shape index (κ1) is 13.5. The first-order chi connectivity index (χ1) is 7.50. The molecule has 0 aliphatic heterocycles. The van der Waals surface area contributed by atoms with Crippen molar-refractivity contribution >= 4 is 5.91 Å². The summed E-state index contributed by atoms with van der Waals surface area (Å²) >= 11 is 0. The Hall–Kier alpha value is -0.570. The summed E-state index contributed by atoms with van der Waals surface area (Å²) < 4.78 is 0. The van der Waals surface area contributed by atoms with E-state index in [0.29, 0.717) is 18.4 Å². The lowest BCUT2D eigenvalue weighted by molar-refractivity contribution is -0.126. The van der Waals surface area contributed by atoms with Gasteiger partial charge in [-0.25, -0.2) is 0 Å². The molecule has 1 aliphatic carbocycles. The van der Waals surface area contributed by atoms with E-state index in [-0.39, 0.29) is 11.8 Å². The molecule has 3 heteroatoms. The van der Waals surface area contributed by atoms with Crippen molar-refractivity contribution < 1.29 is 9.90 Å². The van der Waals surface area contributed by atoms with Gasteiger partial charge in [-0.05, 0) is 31.1 Å². The molecule has 3 unspecified atom stereocenters. The zero-order valence-corrected chi connectivity index (χ0v) is 10.7. The number of nitrogens with one attached hydrogen (secondary N) is 1. The second-order valence-corrected chi connectivity index (χ2v) is 5.54. The molecule has 16 heavy (non-hydrogen) atoms. The van der Waals surface area contributed by atoms with Crippen LogP contribution in [0.3, 0.4) is 0 Å². The number of aliphatic hydroxyl groups excluding tert-OH is 1. The SMILES string of the molecule is CC(C)CC(O)CNC(=O)C1CCCC1C. The van der Waals surface area contributed by atoms with Gasteiger partial charge >= 0.3 is 0 Å². The molecule has 1 aliphatic rings. The Balaban J connectivity index is 2.24. The Morgan fingerprint density at radius 3 is 2.62 bits per heavy atom. The number of carbonyl (C=O) groups is 1. The maximum absolute atomic E-state index is 11.8. The third-order valence-corrected chi connectivity index (χ3v) is 3.45. The summed E-state index contributed by atoms with van der Waals surface area (Å²) in [4.78, 5) is 11.8. The van der Waals surface area contributed by atoms with Gasteiger partial charge in [-0.15, -0.1) is 0 Å².